The van der Waals surface area contributed by atoms with Crippen LogP contribution in [-0.2, 0) is 10.9 Å². The van der Waals surface area contributed by atoms with Gasteiger partial charge in [-0.1, -0.05) is 0 Å². The predicted molar refractivity (Wildman–Crippen MR) is 96.8 cm³/mol. The molecule has 0 amide bonds. The van der Waals surface area contributed by atoms with Crippen LogP contribution in [-0.4, -0.2) is 55.8 Å². The van der Waals surface area contributed by atoms with Crippen molar-refractivity contribution >= 4 is 35.9 Å². The molecule has 0 unspecified atom stereocenters. The minimum atomic E-state index is -4.48. The van der Waals surface area contributed by atoms with E-state index in [1.165, 1.54) is 0 Å². The Bertz CT molecular complexity index is 501. The third kappa shape index (κ3) is 9.05. The number of aromatic nitrogens is 2. The Hall–Kier alpha value is -1.37. The van der Waals surface area contributed by atoms with Crippen LogP contribution in [0.5, 0.6) is 0 Å². The second-order valence-electron chi connectivity index (χ2n) is 4.31. The highest BCUT2D eigenvalue weighted by atomic mass is 127. The molecular formula is C13H22F3IN6O. The molecule has 1 aromatic heterocycles. The average Bonchev–Trinajstić information content (AvgIpc) is 2.53. The highest BCUT2D eigenvalue weighted by molar-refractivity contribution is 14.0. The summed E-state index contributed by atoms with van der Waals surface area (Å²) in [6, 6.07) is 0.827. The molecule has 0 saturated carbocycles. The Kier molecular flexibility index (Phi) is 11.4. The van der Waals surface area contributed by atoms with Crippen molar-refractivity contribution < 1.29 is 17.9 Å². The molecule has 0 fully saturated rings. The fourth-order valence-electron chi connectivity index (χ4n) is 1.56. The van der Waals surface area contributed by atoms with E-state index >= 15 is 0 Å². The second kappa shape index (κ2) is 12.1. The first-order chi connectivity index (χ1) is 11.0. The molecule has 7 nitrogen and oxygen atoms in total. The number of hydrogen-bond acceptors (Lipinski definition) is 5. The van der Waals surface area contributed by atoms with Crippen LogP contribution in [0.2, 0.25) is 0 Å². The fraction of sp³-hybridized carbons (Fsp3) is 0.615. The van der Waals surface area contributed by atoms with Gasteiger partial charge in [-0.25, -0.2) is 9.97 Å². The van der Waals surface area contributed by atoms with Gasteiger partial charge in [-0.2, -0.15) is 13.2 Å². The normalized spacial score (nSPS) is 11.6. The summed E-state index contributed by atoms with van der Waals surface area (Å²) in [4.78, 5) is 11.2. The SMILES string of the molecule is CCOCCNC(=NC)NCCNc1nccc(C(F)(F)F)n1.I. The van der Waals surface area contributed by atoms with Crippen molar-refractivity contribution in [3.63, 3.8) is 0 Å². The number of alkyl halides is 3. The van der Waals surface area contributed by atoms with E-state index in [-0.39, 0.29) is 29.9 Å². The van der Waals surface area contributed by atoms with Crippen LogP contribution >= 0.6 is 24.0 Å². The Balaban J connectivity index is 0.00000529. The summed E-state index contributed by atoms with van der Waals surface area (Å²) in [5.74, 6) is 0.511. The molecule has 1 aromatic rings. The number of nitrogens with zero attached hydrogens (tertiary/aromatic N) is 3. The highest BCUT2D eigenvalue weighted by Crippen LogP contribution is 2.27. The molecule has 1 heterocycles. The van der Waals surface area contributed by atoms with Crippen molar-refractivity contribution in [2.75, 3.05) is 45.2 Å². The van der Waals surface area contributed by atoms with E-state index < -0.39 is 11.9 Å². The maximum absolute atomic E-state index is 12.5. The lowest BCUT2D eigenvalue weighted by atomic mass is 10.4. The summed E-state index contributed by atoms with van der Waals surface area (Å²) in [7, 11) is 1.62. The molecule has 0 radical (unpaired) electrons. The van der Waals surface area contributed by atoms with Gasteiger partial charge in [-0.05, 0) is 13.0 Å². The van der Waals surface area contributed by atoms with Gasteiger partial charge in [0.2, 0.25) is 5.95 Å². The van der Waals surface area contributed by atoms with E-state index in [1.807, 2.05) is 6.92 Å². The van der Waals surface area contributed by atoms with Gasteiger partial charge in [0.25, 0.3) is 0 Å². The van der Waals surface area contributed by atoms with Crippen LogP contribution in [0, 0.1) is 0 Å². The van der Waals surface area contributed by atoms with Crippen LogP contribution in [0.15, 0.2) is 17.3 Å². The fourth-order valence-corrected chi connectivity index (χ4v) is 1.56. The number of anilines is 1. The zero-order valence-electron chi connectivity index (χ0n) is 13.5. The first kappa shape index (κ1) is 22.6. The summed E-state index contributed by atoms with van der Waals surface area (Å²) >= 11 is 0. The number of hydrogen-bond donors (Lipinski definition) is 3. The number of aliphatic imine (C=N–C) groups is 1. The molecule has 0 aromatic carbocycles. The average molecular weight is 462 g/mol. The topological polar surface area (TPSA) is 83.5 Å². The van der Waals surface area contributed by atoms with Crippen LogP contribution in [0.25, 0.3) is 0 Å². The molecule has 24 heavy (non-hydrogen) atoms. The monoisotopic (exact) mass is 462 g/mol. The van der Waals surface area contributed by atoms with Crippen molar-refractivity contribution in [1.82, 2.24) is 20.6 Å². The maximum atomic E-state index is 12.5. The molecule has 1 rings (SSSR count). The van der Waals surface area contributed by atoms with Gasteiger partial charge in [-0.15, -0.1) is 24.0 Å². The van der Waals surface area contributed by atoms with E-state index in [1.54, 1.807) is 7.05 Å². The highest BCUT2D eigenvalue weighted by Gasteiger charge is 2.32. The third-order valence-corrected chi connectivity index (χ3v) is 2.61. The Morgan fingerprint density at radius 2 is 1.96 bits per heavy atom. The third-order valence-electron chi connectivity index (χ3n) is 2.61. The minimum Gasteiger partial charge on any atom is -0.380 e. The zero-order chi connectivity index (χ0) is 17.1. The van der Waals surface area contributed by atoms with Gasteiger partial charge in [0.15, 0.2) is 5.96 Å². The summed E-state index contributed by atoms with van der Waals surface area (Å²) in [5.41, 5.74) is -0.976. The number of ether oxygens (including phenoxy) is 1. The summed E-state index contributed by atoms with van der Waals surface area (Å²) in [6.45, 7) is 4.51. The quantitative estimate of drug-likeness (QED) is 0.236. The van der Waals surface area contributed by atoms with Gasteiger partial charge in [0.1, 0.15) is 5.69 Å². The number of nitrogens with one attached hydrogen (secondary N) is 3. The molecule has 0 saturated heterocycles. The predicted octanol–water partition coefficient (Wildman–Crippen LogP) is 1.73. The molecule has 11 heteroatoms. The van der Waals surface area contributed by atoms with E-state index in [9.17, 15) is 13.2 Å². The number of halogens is 4. The molecule has 0 aliphatic heterocycles. The van der Waals surface area contributed by atoms with Crippen LogP contribution < -0.4 is 16.0 Å². The molecule has 138 valence electrons. The number of rotatable bonds is 8. The molecule has 0 spiro atoms. The Labute approximate surface area is 155 Å². The Morgan fingerprint density at radius 1 is 1.25 bits per heavy atom. The van der Waals surface area contributed by atoms with Crippen molar-refractivity contribution in [2.45, 2.75) is 13.1 Å². The zero-order valence-corrected chi connectivity index (χ0v) is 15.8. The lowest BCUT2D eigenvalue weighted by Gasteiger charge is -2.12. The van der Waals surface area contributed by atoms with E-state index in [4.69, 9.17) is 4.74 Å². The van der Waals surface area contributed by atoms with Gasteiger partial charge in [0.05, 0.1) is 6.61 Å². The van der Waals surface area contributed by atoms with E-state index in [0.29, 0.717) is 38.8 Å². The van der Waals surface area contributed by atoms with Crippen LogP contribution in [0.1, 0.15) is 12.6 Å². The largest absolute Gasteiger partial charge is 0.433 e. The molecule has 0 aliphatic carbocycles. The summed E-state index contributed by atoms with van der Waals surface area (Å²) in [5, 5.41) is 8.76. The molecular weight excluding hydrogens is 440 g/mol. The molecule has 0 bridgehead atoms. The van der Waals surface area contributed by atoms with Crippen LogP contribution in [0.3, 0.4) is 0 Å². The molecule has 3 N–H and O–H groups in total. The molecule has 0 atom stereocenters. The smallest absolute Gasteiger partial charge is 0.380 e. The standard InChI is InChI=1S/C13H21F3N6O.HI/c1-3-23-9-8-21-11(17-2)19-6-7-20-12-18-5-4-10(22-12)13(14,15)16;/h4-5H,3,6-9H2,1-2H3,(H2,17,19,21)(H,18,20,22);1H. The lowest BCUT2D eigenvalue weighted by Crippen LogP contribution is -2.41. The number of guanidine groups is 1. The minimum absolute atomic E-state index is 0. The van der Waals surface area contributed by atoms with Crippen molar-refractivity contribution in [2.24, 2.45) is 4.99 Å². The van der Waals surface area contributed by atoms with Gasteiger partial charge < -0.3 is 20.7 Å². The van der Waals surface area contributed by atoms with Crippen molar-refractivity contribution in [3.8, 4) is 0 Å². The lowest BCUT2D eigenvalue weighted by molar-refractivity contribution is -0.141. The first-order valence-corrected chi connectivity index (χ1v) is 7.13. The first-order valence-electron chi connectivity index (χ1n) is 7.13. The van der Waals surface area contributed by atoms with Gasteiger partial charge in [-0.3, -0.25) is 4.99 Å². The van der Waals surface area contributed by atoms with E-state index in [2.05, 4.69) is 30.9 Å². The molecule has 0 aliphatic rings. The van der Waals surface area contributed by atoms with Gasteiger partial charge >= 0.3 is 6.18 Å². The van der Waals surface area contributed by atoms with Crippen molar-refractivity contribution in [1.29, 1.82) is 0 Å². The maximum Gasteiger partial charge on any atom is 0.433 e. The van der Waals surface area contributed by atoms with Crippen LogP contribution in [0.4, 0.5) is 19.1 Å². The summed E-state index contributed by atoms with van der Waals surface area (Å²) < 4.78 is 42.7. The summed E-state index contributed by atoms with van der Waals surface area (Å²) in [6.07, 6.45) is -3.41. The van der Waals surface area contributed by atoms with E-state index in [0.717, 1.165) is 12.3 Å². The van der Waals surface area contributed by atoms with Gasteiger partial charge in [0, 0.05) is 39.5 Å². The Morgan fingerprint density at radius 3 is 2.58 bits per heavy atom. The van der Waals surface area contributed by atoms with Crippen molar-refractivity contribution in [3.05, 3.63) is 18.0 Å². The second-order valence-corrected chi connectivity index (χ2v) is 4.31.